The van der Waals surface area contributed by atoms with Gasteiger partial charge in [0, 0.05) is 13.1 Å². The third-order valence-electron chi connectivity index (χ3n) is 6.31. The fraction of sp³-hybridized carbons (Fsp3) is 0.310. The fourth-order valence-electron chi connectivity index (χ4n) is 4.18. The second-order valence-electron chi connectivity index (χ2n) is 8.79. The maximum absolute atomic E-state index is 13.9. The number of rotatable bonds is 12. The number of methoxy groups -OCH3 is 1. The van der Waals surface area contributed by atoms with Gasteiger partial charge in [0.05, 0.1) is 17.7 Å². The number of benzene rings is 3. The Labute approximate surface area is 225 Å². The Kier molecular flexibility index (Phi) is 9.90. The molecule has 0 bridgehead atoms. The molecule has 8 nitrogen and oxygen atoms in total. The summed E-state index contributed by atoms with van der Waals surface area (Å²) in [4.78, 5) is 28.4. The van der Waals surface area contributed by atoms with Crippen LogP contribution in [0.15, 0.2) is 83.8 Å². The molecule has 2 amide bonds. The van der Waals surface area contributed by atoms with Crippen molar-refractivity contribution in [2.75, 3.05) is 24.5 Å². The van der Waals surface area contributed by atoms with Crippen LogP contribution < -0.4 is 14.4 Å². The fourth-order valence-corrected chi connectivity index (χ4v) is 5.59. The van der Waals surface area contributed by atoms with E-state index in [9.17, 15) is 18.0 Å². The van der Waals surface area contributed by atoms with Gasteiger partial charge in [-0.05, 0) is 67.8 Å². The first kappa shape index (κ1) is 28.7. The van der Waals surface area contributed by atoms with E-state index < -0.39 is 28.5 Å². The molecule has 0 heterocycles. The summed E-state index contributed by atoms with van der Waals surface area (Å²) < 4.78 is 33.9. The molecule has 9 heteroatoms. The summed E-state index contributed by atoms with van der Waals surface area (Å²) in [7, 11) is -2.62. The molecule has 0 saturated heterocycles. The van der Waals surface area contributed by atoms with Gasteiger partial charge in [0.25, 0.3) is 10.0 Å². The number of amides is 2. The quantitative estimate of drug-likeness (QED) is 0.375. The third kappa shape index (κ3) is 6.72. The van der Waals surface area contributed by atoms with Gasteiger partial charge in [-0.3, -0.25) is 13.9 Å². The van der Waals surface area contributed by atoms with Crippen molar-refractivity contribution in [1.29, 1.82) is 0 Å². The van der Waals surface area contributed by atoms with Crippen molar-refractivity contribution in [2.24, 2.45) is 0 Å². The molecule has 0 radical (unpaired) electrons. The Bertz CT molecular complexity index is 1330. The van der Waals surface area contributed by atoms with Crippen LogP contribution in [0.3, 0.4) is 0 Å². The van der Waals surface area contributed by atoms with E-state index in [1.807, 2.05) is 45.0 Å². The molecule has 0 spiro atoms. The topological polar surface area (TPSA) is 96.0 Å². The number of aryl methyl sites for hydroxylation is 1. The van der Waals surface area contributed by atoms with E-state index in [4.69, 9.17) is 4.74 Å². The lowest BCUT2D eigenvalue weighted by Crippen LogP contribution is -2.52. The Hall–Kier alpha value is -3.85. The van der Waals surface area contributed by atoms with Gasteiger partial charge in [0.2, 0.25) is 11.8 Å². The number of sulfonamides is 1. The summed E-state index contributed by atoms with van der Waals surface area (Å²) >= 11 is 0. The first-order chi connectivity index (χ1) is 18.2. The monoisotopic (exact) mass is 537 g/mol. The maximum Gasteiger partial charge on any atom is 0.264 e. The van der Waals surface area contributed by atoms with Gasteiger partial charge in [-0.25, -0.2) is 8.42 Å². The summed E-state index contributed by atoms with van der Waals surface area (Å²) in [6, 6.07) is 21.4. The molecular weight excluding hydrogens is 502 g/mol. The zero-order valence-corrected chi connectivity index (χ0v) is 23.1. The molecule has 3 aromatic carbocycles. The smallest absolute Gasteiger partial charge is 0.264 e. The number of anilines is 1. The number of ether oxygens (including phenoxy) is 1. The van der Waals surface area contributed by atoms with Crippen LogP contribution in [-0.4, -0.2) is 51.4 Å². The minimum Gasteiger partial charge on any atom is -0.497 e. The number of nitrogens with one attached hydrogen (secondary N) is 1. The first-order valence-electron chi connectivity index (χ1n) is 12.6. The number of carbonyl (C=O) groups is 2. The lowest BCUT2D eigenvalue weighted by Gasteiger charge is -2.33. The maximum atomic E-state index is 13.9. The number of para-hydroxylation sites is 1. The Morgan fingerprint density at radius 1 is 0.921 bits per heavy atom. The highest BCUT2D eigenvalue weighted by molar-refractivity contribution is 7.92. The molecule has 1 atom stereocenters. The highest BCUT2D eigenvalue weighted by Crippen LogP contribution is 2.26. The summed E-state index contributed by atoms with van der Waals surface area (Å²) in [5.74, 6) is -0.239. The lowest BCUT2D eigenvalue weighted by molar-refractivity contribution is -0.140. The molecule has 0 aliphatic heterocycles. The number of carbonyl (C=O) groups excluding carboxylic acids is 2. The van der Waals surface area contributed by atoms with Crippen LogP contribution in [0.4, 0.5) is 5.69 Å². The number of nitrogens with zero attached hydrogens (tertiary/aromatic N) is 2. The van der Waals surface area contributed by atoms with Crippen LogP contribution in [-0.2, 0) is 26.2 Å². The van der Waals surface area contributed by atoms with Crippen molar-refractivity contribution >= 4 is 27.5 Å². The molecule has 3 rings (SSSR count). The summed E-state index contributed by atoms with van der Waals surface area (Å²) in [6.07, 6.45) is 0.375. The van der Waals surface area contributed by atoms with E-state index in [0.717, 1.165) is 15.4 Å². The number of hydrogen-bond acceptors (Lipinski definition) is 5. The van der Waals surface area contributed by atoms with Gasteiger partial charge in [-0.1, -0.05) is 49.4 Å². The van der Waals surface area contributed by atoms with Crippen molar-refractivity contribution < 1.29 is 22.7 Å². The average Bonchev–Trinajstić information content (AvgIpc) is 2.93. The number of hydrogen-bond donors (Lipinski definition) is 1. The second-order valence-corrected chi connectivity index (χ2v) is 10.7. The van der Waals surface area contributed by atoms with E-state index in [1.54, 1.807) is 42.5 Å². The standard InChI is InChI=1S/C29H35N3O5S/c1-5-27(29(34)30-6-2)31(20-23-13-11-10-12-22(23)3)28(33)21-32(24-14-8-7-9-15-24)38(35,36)26-18-16-25(37-4)17-19-26/h7-19,27H,5-6,20-21H2,1-4H3,(H,30,34). The zero-order chi connectivity index (χ0) is 27.7. The van der Waals surface area contributed by atoms with Gasteiger partial charge in [0.1, 0.15) is 18.3 Å². The van der Waals surface area contributed by atoms with Crippen LogP contribution in [0.25, 0.3) is 0 Å². The molecule has 0 fully saturated rings. The van der Waals surface area contributed by atoms with Crippen LogP contribution in [0.5, 0.6) is 5.75 Å². The van der Waals surface area contributed by atoms with Crippen LogP contribution in [0.2, 0.25) is 0 Å². The molecule has 1 N–H and O–H groups in total. The van der Waals surface area contributed by atoms with Crippen molar-refractivity contribution in [2.45, 2.75) is 44.7 Å². The van der Waals surface area contributed by atoms with Crippen molar-refractivity contribution in [3.63, 3.8) is 0 Å². The number of likely N-dealkylation sites (N-methyl/N-ethyl adjacent to an activating group) is 1. The SMILES string of the molecule is CCNC(=O)C(CC)N(Cc1ccccc1C)C(=O)CN(c1ccccc1)S(=O)(=O)c1ccc(OC)cc1. The van der Waals surface area contributed by atoms with Gasteiger partial charge >= 0.3 is 0 Å². The molecule has 38 heavy (non-hydrogen) atoms. The summed E-state index contributed by atoms with van der Waals surface area (Å²) in [6.45, 7) is 5.71. The zero-order valence-electron chi connectivity index (χ0n) is 22.3. The largest absolute Gasteiger partial charge is 0.497 e. The van der Waals surface area contributed by atoms with Crippen molar-refractivity contribution in [3.8, 4) is 5.75 Å². The van der Waals surface area contributed by atoms with E-state index in [-0.39, 0.29) is 17.3 Å². The minimum absolute atomic E-state index is 0.0242. The highest BCUT2D eigenvalue weighted by Gasteiger charge is 2.33. The van der Waals surface area contributed by atoms with Crippen LogP contribution in [0.1, 0.15) is 31.4 Å². The molecule has 0 aliphatic rings. The third-order valence-corrected chi connectivity index (χ3v) is 8.10. The summed E-state index contributed by atoms with van der Waals surface area (Å²) in [5.41, 5.74) is 2.20. The van der Waals surface area contributed by atoms with Gasteiger partial charge in [-0.2, -0.15) is 0 Å². The molecule has 3 aromatic rings. The van der Waals surface area contributed by atoms with Crippen LogP contribution in [0, 0.1) is 6.92 Å². The lowest BCUT2D eigenvalue weighted by atomic mass is 10.1. The van der Waals surface area contributed by atoms with Crippen molar-refractivity contribution in [3.05, 3.63) is 90.0 Å². The first-order valence-corrected chi connectivity index (χ1v) is 14.0. The van der Waals surface area contributed by atoms with Gasteiger partial charge < -0.3 is 15.0 Å². The predicted octanol–water partition coefficient (Wildman–Crippen LogP) is 4.14. The molecular formula is C29H35N3O5S. The highest BCUT2D eigenvalue weighted by atomic mass is 32.2. The molecule has 1 unspecified atom stereocenters. The second kappa shape index (κ2) is 13.1. The summed E-state index contributed by atoms with van der Waals surface area (Å²) in [5, 5.41) is 2.81. The normalized spacial score (nSPS) is 11.9. The average molecular weight is 538 g/mol. The Balaban J connectivity index is 2.04. The van der Waals surface area contributed by atoms with Gasteiger partial charge in [0.15, 0.2) is 0 Å². The Morgan fingerprint density at radius 2 is 1.55 bits per heavy atom. The Morgan fingerprint density at radius 3 is 2.13 bits per heavy atom. The van der Waals surface area contributed by atoms with E-state index in [2.05, 4.69) is 5.32 Å². The van der Waals surface area contributed by atoms with Crippen molar-refractivity contribution in [1.82, 2.24) is 10.2 Å². The predicted molar refractivity (Wildman–Crippen MR) is 148 cm³/mol. The molecule has 0 aliphatic carbocycles. The minimum atomic E-state index is -4.12. The van der Waals surface area contributed by atoms with Crippen LogP contribution >= 0.6 is 0 Å². The van der Waals surface area contributed by atoms with E-state index in [0.29, 0.717) is 24.4 Å². The molecule has 0 aromatic heterocycles. The van der Waals surface area contributed by atoms with E-state index in [1.165, 1.54) is 24.1 Å². The van der Waals surface area contributed by atoms with E-state index >= 15 is 0 Å². The molecule has 202 valence electrons. The molecule has 0 saturated carbocycles. The van der Waals surface area contributed by atoms with Gasteiger partial charge in [-0.15, -0.1) is 0 Å².